The summed E-state index contributed by atoms with van der Waals surface area (Å²) in [5.74, 6) is -0.420. The number of hydrogen-bond donors (Lipinski definition) is 2. The molecular weight excluding hydrogens is 242 g/mol. The van der Waals surface area contributed by atoms with Crippen LogP contribution in [0.2, 0.25) is 0 Å². The molecule has 1 rings (SSSR count). The zero-order valence-corrected chi connectivity index (χ0v) is 11.4. The van der Waals surface area contributed by atoms with Crippen molar-refractivity contribution < 1.29 is 4.79 Å². The van der Waals surface area contributed by atoms with Crippen molar-refractivity contribution in [1.29, 1.82) is 5.26 Å². The molecule has 0 fully saturated rings. The molecule has 0 radical (unpaired) electrons. The van der Waals surface area contributed by atoms with Gasteiger partial charge in [-0.3, -0.25) is 9.59 Å². The summed E-state index contributed by atoms with van der Waals surface area (Å²) in [4.78, 5) is 26.5. The van der Waals surface area contributed by atoms with Crippen LogP contribution in [0.15, 0.2) is 10.9 Å². The fraction of sp³-hybridized carbons (Fsp3) is 0.500. The van der Waals surface area contributed by atoms with Crippen LogP contribution in [-0.4, -0.2) is 17.4 Å². The second-order valence-corrected chi connectivity index (χ2v) is 4.28. The van der Waals surface area contributed by atoms with E-state index in [1.807, 2.05) is 13.0 Å². The molecule has 0 aliphatic heterocycles. The molecule has 0 saturated heterocycles. The van der Waals surface area contributed by atoms with E-state index in [4.69, 9.17) is 5.26 Å². The number of nitrogens with zero attached hydrogens (tertiary/aromatic N) is 1. The SMILES string of the molecule is CCCc1cc(C(=O)NCCC#N)c(=O)[nH]c1CC. The predicted octanol–water partition coefficient (Wildman–Crippen LogP) is 1.53. The largest absolute Gasteiger partial charge is 0.351 e. The minimum Gasteiger partial charge on any atom is -0.351 e. The molecule has 0 spiro atoms. The van der Waals surface area contributed by atoms with Crippen LogP contribution in [0.25, 0.3) is 0 Å². The molecule has 0 aliphatic carbocycles. The van der Waals surface area contributed by atoms with E-state index in [0.29, 0.717) is 0 Å². The number of amides is 1. The maximum absolute atomic E-state index is 11.9. The molecule has 0 atom stereocenters. The maximum Gasteiger partial charge on any atom is 0.261 e. The first-order chi connectivity index (χ1) is 9.13. The van der Waals surface area contributed by atoms with Crippen molar-refractivity contribution >= 4 is 5.91 Å². The van der Waals surface area contributed by atoms with E-state index in [2.05, 4.69) is 17.2 Å². The van der Waals surface area contributed by atoms with Crippen molar-refractivity contribution in [2.75, 3.05) is 6.54 Å². The van der Waals surface area contributed by atoms with Crippen molar-refractivity contribution in [2.45, 2.75) is 39.5 Å². The standard InChI is InChI=1S/C14H19N3O2/c1-3-6-10-9-11(13(18)16-8-5-7-15)14(19)17-12(10)4-2/h9H,3-6,8H2,1-2H3,(H,16,18)(H,17,19). The Morgan fingerprint density at radius 2 is 2.21 bits per heavy atom. The van der Waals surface area contributed by atoms with Gasteiger partial charge in [-0.15, -0.1) is 0 Å². The van der Waals surface area contributed by atoms with E-state index in [1.165, 1.54) is 0 Å². The van der Waals surface area contributed by atoms with Gasteiger partial charge < -0.3 is 10.3 Å². The lowest BCUT2D eigenvalue weighted by Crippen LogP contribution is -2.31. The number of H-pyrrole nitrogens is 1. The third-order valence-electron chi connectivity index (χ3n) is 2.86. The molecule has 1 aromatic rings. The number of rotatable bonds is 6. The molecule has 1 amide bonds. The summed E-state index contributed by atoms with van der Waals surface area (Å²) in [5.41, 5.74) is 1.65. The number of carbonyl (C=O) groups is 1. The van der Waals surface area contributed by atoms with E-state index < -0.39 is 5.91 Å². The first-order valence-corrected chi connectivity index (χ1v) is 6.54. The number of carbonyl (C=O) groups excluding carboxylic acids is 1. The Hall–Kier alpha value is -2.09. The van der Waals surface area contributed by atoms with Crippen LogP contribution < -0.4 is 10.9 Å². The van der Waals surface area contributed by atoms with E-state index in [-0.39, 0.29) is 24.1 Å². The van der Waals surface area contributed by atoms with E-state index in [1.54, 1.807) is 6.07 Å². The highest BCUT2D eigenvalue weighted by molar-refractivity contribution is 5.94. The van der Waals surface area contributed by atoms with Gasteiger partial charge in [0.2, 0.25) is 0 Å². The number of nitrogens with one attached hydrogen (secondary N) is 2. The van der Waals surface area contributed by atoms with Crippen molar-refractivity contribution in [2.24, 2.45) is 0 Å². The zero-order chi connectivity index (χ0) is 14.3. The second-order valence-electron chi connectivity index (χ2n) is 4.28. The first kappa shape index (κ1) is 15.0. The summed E-state index contributed by atoms with van der Waals surface area (Å²) in [6.45, 7) is 4.28. The van der Waals surface area contributed by atoms with Gasteiger partial charge in [-0.25, -0.2) is 0 Å². The van der Waals surface area contributed by atoms with Gasteiger partial charge in [0.15, 0.2) is 0 Å². The lowest BCUT2D eigenvalue weighted by Gasteiger charge is -2.09. The quantitative estimate of drug-likeness (QED) is 0.761. The van der Waals surface area contributed by atoms with Crippen LogP contribution in [-0.2, 0) is 12.8 Å². The summed E-state index contributed by atoms with van der Waals surface area (Å²) in [7, 11) is 0. The van der Waals surface area contributed by atoms with Gasteiger partial charge in [-0.1, -0.05) is 20.3 Å². The molecule has 1 heterocycles. The van der Waals surface area contributed by atoms with Gasteiger partial charge in [0, 0.05) is 12.2 Å². The highest BCUT2D eigenvalue weighted by Gasteiger charge is 2.13. The molecule has 0 bridgehead atoms. The topological polar surface area (TPSA) is 85.8 Å². The Morgan fingerprint density at radius 3 is 2.79 bits per heavy atom. The van der Waals surface area contributed by atoms with E-state index in [9.17, 15) is 9.59 Å². The fourth-order valence-electron chi connectivity index (χ4n) is 1.92. The molecule has 0 aliphatic rings. The molecule has 19 heavy (non-hydrogen) atoms. The Morgan fingerprint density at radius 1 is 1.47 bits per heavy atom. The van der Waals surface area contributed by atoms with Gasteiger partial charge in [0.1, 0.15) is 5.56 Å². The van der Waals surface area contributed by atoms with Crippen LogP contribution in [0.1, 0.15) is 48.3 Å². The Balaban J connectivity index is 3.01. The minimum atomic E-state index is -0.420. The summed E-state index contributed by atoms with van der Waals surface area (Å²) in [5, 5.41) is 11.0. The van der Waals surface area contributed by atoms with Gasteiger partial charge in [-0.05, 0) is 24.5 Å². The number of nitriles is 1. The summed E-state index contributed by atoms with van der Waals surface area (Å²) < 4.78 is 0. The molecular formula is C14H19N3O2. The Bertz CT molecular complexity index is 541. The summed E-state index contributed by atoms with van der Waals surface area (Å²) in [6.07, 6.45) is 2.76. The number of aryl methyl sites for hydroxylation is 2. The van der Waals surface area contributed by atoms with E-state index in [0.717, 1.165) is 30.5 Å². The van der Waals surface area contributed by atoms with E-state index >= 15 is 0 Å². The highest BCUT2D eigenvalue weighted by Crippen LogP contribution is 2.09. The minimum absolute atomic E-state index is 0.124. The second kappa shape index (κ2) is 7.37. The van der Waals surface area contributed by atoms with Crippen LogP contribution in [0, 0.1) is 11.3 Å². The monoisotopic (exact) mass is 261 g/mol. The van der Waals surface area contributed by atoms with Gasteiger partial charge >= 0.3 is 0 Å². The Labute approximate surface area is 112 Å². The number of hydrogen-bond acceptors (Lipinski definition) is 3. The van der Waals surface area contributed by atoms with Crippen LogP contribution in [0.5, 0.6) is 0 Å². The molecule has 0 unspecified atom stereocenters. The Kier molecular flexibility index (Phi) is 5.80. The number of pyridine rings is 1. The summed E-state index contributed by atoms with van der Waals surface area (Å²) in [6, 6.07) is 3.61. The lowest BCUT2D eigenvalue weighted by atomic mass is 10.0. The highest BCUT2D eigenvalue weighted by atomic mass is 16.2. The van der Waals surface area contributed by atoms with Crippen molar-refractivity contribution in [1.82, 2.24) is 10.3 Å². The molecule has 5 nitrogen and oxygen atoms in total. The maximum atomic E-state index is 11.9. The first-order valence-electron chi connectivity index (χ1n) is 6.54. The van der Waals surface area contributed by atoms with Gasteiger partial charge in [-0.2, -0.15) is 5.26 Å². The average molecular weight is 261 g/mol. The molecule has 5 heteroatoms. The third kappa shape index (κ3) is 3.95. The van der Waals surface area contributed by atoms with Crippen molar-refractivity contribution in [3.8, 4) is 6.07 Å². The normalized spacial score (nSPS) is 9.95. The average Bonchev–Trinajstić information content (AvgIpc) is 2.40. The smallest absolute Gasteiger partial charge is 0.261 e. The molecule has 102 valence electrons. The van der Waals surface area contributed by atoms with Crippen LogP contribution >= 0.6 is 0 Å². The van der Waals surface area contributed by atoms with Crippen molar-refractivity contribution in [3.05, 3.63) is 33.2 Å². The number of aromatic nitrogens is 1. The fourth-order valence-corrected chi connectivity index (χ4v) is 1.92. The summed E-state index contributed by atoms with van der Waals surface area (Å²) >= 11 is 0. The lowest BCUT2D eigenvalue weighted by molar-refractivity contribution is 0.0953. The third-order valence-corrected chi connectivity index (χ3v) is 2.86. The van der Waals surface area contributed by atoms with Crippen molar-refractivity contribution in [3.63, 3.8) is 0 Å². The number of aromatic amines is 1. The van der Waals surface area contributed by atoms with Crippen LogP contribution in [0.3, 0.4) is 0 Å². The van der Waals surface area contributed by atoms with Gasteiger partial charge in [0.05, 0.1) is 12.5 Å². The molecule has 2 N–H and O–H groups in total. The molecule has 0 aromatic carbocycles. The molecule has 1 aromatic heterocycles. The van der Waals surface area contributed by atoms with Crippen LogP contribution in [0.4, 0.5) is 0 Å². The zero-order valence-electron chi connectivity index (χ0n) is 11.4. The molecule has 0 saturated carbocycles. The van der Waals surface area contributed by atoms with Gasteiger partial charge in [0.25, 0.3) is 11.5 Å². The predicted molar refractivity (Wildman–Crippen MR) is 73.0 cm³/mol.